The Labute approximate surface area is 139 Å². The van der Waals surface area contributed by atoms with Crippen LogP contribution in [0.4, 0.5) is 0 Å². The Morgan fingerprint density at radius 2 is 2.24 bits per heavy atom. The van der Waals surface area contributed by atoms with Crippen molar-refractivity contribution in [2.75, 3.05) is 6.54 Å². The summed E-state index contributed by atoms with van der Waals surface area (Å²) in [5, 5.41) is 4.37. The third-order valence-corrected chi connectivity index (χ3v) is 4.48. The first-order chi connectivity index (χ1) is 10.1. The van der Waals surface area contributed by atoms with Crippen LogP contribution in [0.5, 0.6) is 0 Å². The normalized spacial score (nSPS) is 12.6. The highest BCUT2D eigenvalue weighted by Gasteiger charge is 2.15. The van der Waals surface area contributed by atoms with Crippen molar-refractivity contribution in [2.45, 2.75) is 32.2 Å². The van der Waals surface area contributed by atoms with E-state index in [0.717, 1.165) is 41.1 Å². The number of aryl methyl sites for hydroxylation is 2. The molecule has 0 aliphatic rings. The van der Waals surface area contributed by atoms with Crippen molar-refractivity contribution in [3.05, 3.63) is 51.5 Å². The molecule has 1 N–H and O–H groups in total. The molecule has 0 aliphatic carbocycles. The Morgan fingerprint density at radius 1 is 1.43 bits per heavy atom. The van der Waals surface area contributed by atoms with Gasteiger partial charge in [-0.15, -0.1) is 0 Å². The Kier molecular flexibility index (Phi) is 6.27. The van der Waals surface area contributed by atoms with E-state index in [1.165, 1.54) is 5.56 Å². The van der Waals surface area contributed by atoms with Gasteiger partial charge in [0, 0.05) is 41.4 Å². The largest absolute Gasteiger partial charge is 0.338 e. The number of hydrogen-bond donors (Lipinski definition) is 1. The Morgan fingerprint density at radius 3 is 2.86 bits per heavy atom. The lowest BCUT2D eigenvalue weighted by atomic mass is 10.0. The lowest BCUT2D eigenvalue weighted by Gasteiger charge is -2.20. The van der Waals surface area contributed by atoms with E-state index < -0.39 is 0 Å². The monoisotopic (exact) mass is 369 g/mol. The van der Waals surface area contributed by atoms with Crippen LogP contribution in [-0.2, 0) is 13.5 Å². The first-order valence-electron chi connectivity index (χ1n) is 7.26. The SMILES string of the molecule is CCCNC(CCc1nccn1C)c1ccc(Cl)cc1Br. The van der Waals surface area contributed by atoms with Crippen molar-refractivity contribution >= 4 is 27.5 Å². The smallest absolute Gasteiger partial charge is 0.108 e. The Balaban J connectivity index is 2.12. The molecule has 3 nitrogen and oxygen atoms in total. The molecule has 0 spiro atoms. The molecular formula is C16H21BrClN3. The lowest BCUT2D eigenvalue weighted by Crippen LogP contribution is -2.23. The van der Waals surface area contributed by atoms with E-state index in [0.29, 0.717) is 6.04 Å². The summed E-state index contributed by atoms with van der Waals surface area (Å²) in [6.07, 6.45) is 6.90. The molecule has 0 bridgehead atoms. The van der Waals surface area contributed by atoms with Crippen LogP contribution < -0.4 is 5.32 Å². The second-order valence-electron chi connectivity index (χ2n) is 5.17. The van der Waals surface area contributed by atoms with Gasteiger partial charge in [0.2, 0.25) is 0 Å². The van der Waals surface area contributed by atoms with E-state index in [-0.39, 0.29) is 0 Å². The molecule has 114 valence electrons. The third kappa shape index (κ3) is 4.56. The standard InChI is InChI=1S/C16H21BrClN3/c1-3-8-19-15(6-7-16-20-9-10-21(16)2)13-5-4-12(18)11-14(13)17/h4-5,9-11,15,19H,3,6-8H2,1-2H3. The quantitative estimate of drug-likeness (QED) is 0.777. The highest BCUT2D eigenvalue weighted by Crippen LogP contribution is 2.29. The third-order valence-electron chi connectivity index (χ3n) is 3.56. The second-order valence-corrected chi connectivity index (χ2v) is 6.46. The van der Waals surface area contributed by atoms with Crippen LogP contribution in [0.25, 0.3) is 0 Å². The predicted molar refractivity (Wildman–Crippen MR) is 91.7 cm³/mol. The average molecular weight is 371 g/mol. The molecule has 1 aromatic carbocycles. The molecule has 0 fully saturated rings. The van der Waals surface area contributed by atoms with Gasteiger partial charge in [-0.05, 0) is 37.1 Å². The van der Waals surface area contributed by atoms with E-state index in [2.05, 4.69) is 43.8 Å². The first-order valence-corrected chi connectivity index (χ1v) is 8.43. The molecule has 0 saturated carbocycles. The van der Waals surface area contributed by atoms with Crippen molar-refractivity contribution in [1.82, 2.24) is 14.9 Å². The van der Waals surface area contributed by atoms with Crippen LogP contribution in [0, 0.1) is 0 Å². The maximum absolute atomic E-state index is 6.04. The summed E-state index contributed by atoms with van der Waals surface area (Å²) >= 11 is 9.67. The second kappa shape index (κ2) is 7.97. The number of hydrogen-bond acceptors (Lipinski definition) is 2. The predicted octanol–water partition coefficient (Wildman–Crippen LogP) is 4.51. The summed E-state index contributed by atoms with van der Waals surface area (Å²) in [6, 6.07) is 6.30. The maximum atomic E-state index is 6.04. The van der Waals surface area contributed by atoms with Gasteiger partial charge in [0.15, 0.2) is 0 Å². The highest BCUT2D eigenvalue weighted by molar-refractivity contribution is 9.10. The molecule has 0 saturated heterocycles. The Bertz CT molecular complexity index is 583. The minimum atomic E-state index is 0.299. The molecule has 0 aliphatic heterocycles. The van der Waals surface area contributed by atoms with E-state index in [4.69, 9.17) is 11.6 Å². The van der Waals surface area contributed by atoms with Gasteiger partial charge in [-0.3, -0.25) is 0 Å². The number of imidazole rings is 1. The number of halogens is 2. The fourth-order valence-electron chi connectivity index (χ4n) is 2.38. The van der Waals surface area contributed by atoms with Crippen LogP contribution in [0.3, 0.4) is 0 Å². The van der Waals surface area contributed by atoms with Crippen LogP contribution in [0.2, 0.25) is 5.02 Å². The van der Waals surface area contributed by atoms with Gasteiger partial charge >= 0.3 is 0 Å². The van der Waals surface area contributed by atoms with Crippen molar-refractivity contribution in [2.24, 2.45) is 7.05 Å². The summed E-state index contributed by atoms with van der Waals surface area (Å²) in [4.78, 5) is 4.40. The van der Waals surface area contributed by atoms with Gasteiger partial charge in [0.05, 0.1) is 0 Å². The van der Waals surface area contributed by atoms with E-state index in [1.807, 2.05) is 31.6 Å². The maximum Gasteiger partial charge on any atom is 0.108 e. The molecule has 1 unspecified atom stereocenters. The van der Waals surface area contributed by atoms with Crippen molar-refractivity contribution in [3.63, 3.8) is 0 Å². The molecule has 2 aromatic rings. The highest BCUT2D eigenvalue weighted by atomic mass is 79.9. The average Bonchev–Trinajstić information content (AvgIpc) is 2.85. The molecule has 0 radical (unpaired) electrons. The molecule has 1 aromatic heterocycles. The zero-order chi connectivity index (χ0) is 15.2. The summed E-state index contributed by atoms with van der Waals surface area (Å²) in [6.45, 7) is 3.18. The Hall–Kier alpha value is -0.840. The minimum absolute atomic E-state index is 0.299. The van der Waals surface area contributed by atoms with Crippen LogP contribution >= 0.6 is 27.5 Å². The van der Waals surface area contributed by atoms with E-state index in [1.54, 1.807) is 0 Å². The summed E-state index contributed by atoms with van der Waals surface area (Å²) in [5.41, 5.74) is 1.25. The van der Waals surface area contributed by atoms with Crippen molar-refractivity contribution in [1.29, 1.82) is 0 Å². The van der Waals surface area contributed by atoms with Crippen molar-refractivity contribution in [3.8, 4) is 0 Å². The van der Waals surface area contributed by atoms with Gasteiger partial charge in [0.25, 0.3) is 0 Å². The number of rotatable bonds is 7. The summed E-state index contributed by atoms with van der Waals surface area (Å²) in [7, 11) is 2.04. The molecule has 1 atom stereocenters. The van der Waals surface area contributed by atoms with E-state index >= 15 is 0 Å². The van der Waals surface area contributed by atoms with E-state index in [9.17, 15) is 0 Å². The van der Waals surface area contributed by atoms with Gasteiger partial charge in [-0.25, -0.2) is 4.98 Å². The van der Waals surface area contributed by atoms with Crippen LogP contribution in [-0.4, -0.2) is 16.1 Å². The van der Waals surface area contributed by atoms with Crippen molar-refractivity contribution < 1.29 is 0 Å². The van der Waals surface area contributed by atoms with Gasteiger partial charge in [-0.2, -0.15) is 0 Å². The number of aromatic nitrogens is 2. The number of benzene rings is 1. The molecule has 21 heavy (non-hydrogen) atoms. The molecule has 2 rings (SSSR count). The summed E-state index contributed by atoms with van der Waals surface area (Å²) in [5.74, 6) is 1.11. The fraction of sp³-hybridized carbons (Fsp3) is 0.438. The first kappa shape index (κ1) is 16.5. The molecule has 5 heteroatoms. The lowest BCUT2D eigenvalue weighted by molar-refractivity contribution is 0.490. The topological polar surface area (TPSA) is 29.9 Å². The zero-order valence-corrected chi connectivity index (χ0v) is 14.8. The van der Waals surface area contributed by atoms with Crippen LogP contribution in [0.1, 0.15) is 37.2 Å². The number of nitrogens with one attached hydrogen (secondary N) is 1. The molecular weight excluding hydrogens is 350 g/mol. The zero-order valence-electron chi connectivity index (χ0n) is 12.4. The number of nitrogens with zero attached hydrogens (tertiary/aromatic N) is 2. The summed E-state index contributed by atoms with van der Waals surface area (Å²) < 4.78 is 3.14. The molecule has 1 heterocycles. The minimum Gasteiger partial charge on any atom is -0.338 e. The van der Waals surface area contributed by atoms with Crippen LogP contribution in [0.15, 0.2) is 35.1 Å². The van der Waals surface area contributed by atoms with Gasteiger partial charge in [-0.1, -0.05) is 40.5 Å². The van der Waals surface area contributed by atoms with Gasteiger partial charge < -0.3 is 9.88 Å². The fourth-order valence-corrected chi connectivity index (χ4v) is 3.34. The molecule has 0 amide bonds. The van der Waals surface area contributed by atoms with Gasteiger partial charge in [0.1, 0.15) is 5.82 Å².